The highest BCUT2D eigenvalue weighted by Crippen LogP contribution is 2.49. The lowest BCUT2D eigenvalue weighted by Crippen LogP contribution is -2.27. The topological polar surface area (TPSA) is 0 Å². The lowest BCUT2D eigenvalue weighted by atomic mass is 9.70. The maximum atomic E-state index is 2.69. The second-order valence-electron chi connectivity index (χ2n) is 10.9. The van der Waals surface area contributed by atoms with Gasteiger partial charge in [-0.15, -0.1) is 0 Å². The zero-order chi connectivity index (χ0) is 20.1. The third-order valence-electron chi connectivity index (χ3n) is 8.35. The van der Waals surface area contributed by atoms with E-state index >= 15 is 0 Å². The lowest BCUT2D eigenvalue weighted by molar-refractivity contribution is 0.251. The molecule has 0 unspecified atom stereocenters. The molecular formula is C29H44. The summed E-state index contributed by atoms with van der Waals surface area (Å²) in [7, 11) is 0. The molecule has 4 rings (SSSR count). The van der Waals surface area contributed by atoms with E-state index in [2.05, 4.69) is 38.2 Å². The summed E-state index contributed by atoms with van der Waals surface area (Å²) >= 11 is 0. The fourth-order valence-electron chi connectivity index (χ4n) is 6.12. The highest BCUT2D eigenvalue weighted by atomic mass is 14.4. The van der Waals surface area contributed by atoms with E-state index in [9.17, 15) is 0 Å². The molecule has 4 aliphatic carbocycles. The summed E-state index contributed by atoms with van der Waals surface area (Å²) in [5, 5.41) is 0. The molecule has 160 valence electrons. The first-order valence-electron chi connectivity index (χ1n) is 13.0. The molecule has 2 fully saturated rings. The van der Waals surface area contributed by atoms with Gasteiger partial charge in [-0.3, -0.25) is 0 Å². The normalized spacial score (nSPS) is 26.0. The van der Waals surface area contributed by atoms with Gasteiger partial charge in [-0.25, -0.2) is 0 Å². The quantitative estimate of drug-likeness (QED) is 0.439. The van der Waals surface area contributed by atoms with Crippen molar-refractivity contribution in [2.24, 2.45) is 17.3 Å². The van der Waals surface area contributed by atoms with Gasteiger partial charge in [-0.1, -0.05) is 89.5 Å². The fraction of sp³-hybridized carbons (Fsp3) is 0.724. The summed E-state index contributed by atoms with van der Waals surface area (Å²) in [4.78, 5) is 0. The third kappa shape index (κ3) is 5.18. The molecule has 0 amide bonds. The summed E-state index contributed by atoms with van der Waals surface area (Å²) in [6.07, 6.45) is 33.1. The predicted octanol–water partition coefficient (Wildman–Crippen LogP) is 9.25. The van der Waals surface area contributed by atoms with Gasteiger partial charge >= 0.3 is 0 Å². The molecular weight excluding hydrogens is 348 g/mol. The Morgan fingerprint density at radius 2 is 0.690 bits per heavy atom. The second kappa shape index (κ2) is 9.84. The van der Waals surface area contributed by atoms with Gasteiger partial charge in [0.05, 0.1) is 0 Å². The van der Waals surface area contributed by atoms with Gasteiger partial charge in [0.2, 0.25) is 0 Å². The first-order valence-corrected chi connectivity index (χ1v) is 13.0. The van der Waals surface area contributed by atoms with Crippen LogP contribution in [0.3, 0.4) is 0 Å². The SMILES string of the molecule is CC(C)(C1C=C2CCCCCCCCCCC2=C1)C1C=C2CCCCCCC2=C1. The number of allylic oxidation sites excluding steroid dienone is 8. The summed E-state index contributed by atoms with van der Waals surface area (Å²) in [5.41, 5.74) is 7.13. The van der Waals surface area contributed by atoms with Crippen molar-refractivity contribution in [1.82, 2.24) is 0 Å². The van der Waals surface area contributed by atoms with Crippen molar-refractivity contribution in [1.29, 1.82) is 0 Å². The highest BCUT2D eigenvalue weighted by molar-refractivity contribution is 5.44. The van der Waals surface area contributed by atoms with Gasteiger partial charge in [-0.05, 0) is 79.1 Å². The van der Waals surface area contributed by atoms with Gasteiger partial charge in [0.25, 0.3) is 0 Å². The van der Waals surface area contributed by atoms with Crippen LogP contribution in [-0.4, -0.2) is 0 Å². The van der Waals surface area contributed by atoms with E-state index in [1.165, 1.54) is 103 Å². The van der Waals surface area contributed by atoms with Crippen molar-refractivity contribution in [3.8, 4) is 0 Å². The Morgan fingerprint density at radius 3 is 0.966 bits per heavy atom. The summed E-state index contributed by atoms with van der Waals surface area (Å²) < 4.78 is 0. The Hall–Kier alpha value is -1.04. The molecule has 0 aromatic carbocycles. The molecule has 0 spiro atoms. The van der Waals surface area contributed by atoms with E-state index in [4.69, 9.17) is 0 Å². The van der Waals surface area contributed by atoms with Crippen molar-refractivity contribution in [3.63, 3.8) is 0 Å². The van der Waals surface area contributed by atoms with Gasteiger partial charge in [0.15, 0.2) is 0 Å². The largest absolute Gasteiger partial charge is 0.0736 e. The summed E-state index contributed by atoms with van der Waals surface area (Å²) in [6, 6.07) is 0. The van der Waals surface area contributed by atoms with Crippen LogP contribution in [0.5, 0.6) is 0 Å². The molecule has 0 radical (unpaired) electrons. The van der Waals surface area contributed by atoms with Crippen LogP contribution in [0.1, 0.15) is 117 Å². The maximum absolute atomic E-state index is 2.69. The first kappa shape index (κ1) is 21.2. The van der Waals surface area contributed by atoms with Crippen molar-refractivity contribution in [2.45, 2.75) is 117 Å². The van der Waals surface area contributed by atoms with Gasteiger partial charge < -0.3 is 0 Å². The molecule has 0 heteroatoms. The van der Waals surface area contributed by atoms with Crippen LogP contribution in [0.25, 0.3) is 0 Å². The van der Waals surface area contributed by atoms with Crippen molar-refractivity contribution >= 4 is 0 Å². The van der Waals surface area contributed by atoms with Gasteiger partial charge in [-0.2, -0.15) is 0 Å². The van der Waals surface area contributed by atoms with E-state index in [1.54, 1.807) is 22.3 Å². The molecule has 0 nitrogen and oxygen atoms in total. The van der Waals surface area contributed by atoms with Crippen LogP contribution in [0.2, 0.25) is 0 Å². The molecule has 0 heterocycles. The Kier molecular flexibility index (Phi) is 7.20. The molecule has 2 saturated carbocycles. The number of hydrogen-bond donors (Lipinski definition) is 0. The zero-order valence-corrected chi connectivity index (χ0v) is 19.3. The average molecular weight is 393 g/mol. The van der Waals surface area contributed by atoms with Crippen LogP contribution in [0, 0.1) is 17.3 Å². The molecule has 0 atom stereocenters. The minimum absolute atomic E-state index is 0.294. The fourth-order valence-corrected chi connectivity index (χ4v) is 6.12. The molecule has 29 heavy (non-hydrogen) atoms. The van der Waals surface area contributed by atoms with Crippen LogP contribution in [0.15, 0.2) is 46.6 Å². The molecule has 0 aromatic rings. The van der Waals surface area contributed by atoms with E-state index < -0.39 is 0 Å². The maximum Gasteiger partial charge on any atom is 0.00182 e. The van der Waals surface area contributed by atoms with Crippen LogP contribution in [0.4, 0.5) is 0 Å². The first-order chi connectivity index (χ1) is 14.1. The molecule has 0 aliphatic heterocycles. The summed E-state index contributed by atoms with van der Waals surface area (Å²) in [5.74, 6) is 1.23. The molecule has 0 saturated heterocycles. The van der Waals surface area contributed by atoms with Crippen LogP contribution in [-0.2, 0) is 0 Å². The number of hydrogen-bond acceptors (Lipinski definition) is 0. The van der Waals surface area contributed by atoms with E-state index in [-0.39, 0.29) is 0 Å². The van der Waals surface area contributed by atoms with Crippen LogP contribution < -0.4 is 0 Å². The highest BCUT2D eigenvalue weighted by Gasteiger charge is 2.38. The van der Waals surface area contributed by atoms with E-state index in [0.717, 1.165) is 0 Å². The predicted molar refractivity (Wildman–Crippen MR) is 127 cm³/mol. The Balaban J connectivity index is 1.50. The minimum Gasteiger partial charge on any atom is -0.0736 e. The number of rotatable bonds is 2. The Morgan fingerprint density at radius 1 is 0.448 bits per heavy atom. The molecule has 4 aliphatic rings. The van der Waals surface area contributed by atoms with Crippen molar-refractivity contribution in [3.05, 3.63) is 46.6 Å². The smallest absolute Gasteiger partial charge is 0.00182 e. The second-order valence-corrected chi connectivity index (χ2v) is 10.9. The third-order valence-corrected chi connectivity index (χ3v) is 8.35. The molecule has 0 bridgehead atoms. The monoisotopic (exact) mass is 392 g/mol. The minimum atomic E-state index is 0.294. The average Bonchev–Trinajstić information content (AvgIpc) is 3.26. The molecule has 0 aromatic heterocycles. The van der Waals surface area contributed by atoms with Gasteiger partial charge in [0, 0.05) is 11.8 Å². The number of fused-ring (bicyclic) bond motifs is 2. The zero-order valence-electron chi connectivity index (χ0n) is 19.3. The van der Waals surface area contributed by atoms with Crippen molar-refractivity contribution in [2.75, 3.05) is 0 Å². The van der Waals surface area contributed by atoms with Crippen LogP contribution >= 0.6 is 0 Å². The molecule has 0 N–H and O–H groups in total. The van der Waals surface area contributed by atoms with E-state index in [1.807, 2.05) is 0 Å². The lowest BCUT2D eigenvalue weighted by Gasteiger charge is -2.34. The van der Waals surface area contributed by atoms with E-state index in [0.29, 0.717) is 17.3 Å². The Labute approximate surface area is 180 Å². The standard InChI is InChI=1S/C29H44/c1-29(2,28-21-25-17-13-9-10-14-18-26(25)22-28)27-19-23-15-11-7-5-3-4-6-8-12-16-24(23)20-27/h19-22,27-28H,3-18H2,1-2H3. The van der Waals surface area contributed by atoms with Gasteiger partial charge in [0.1, 0.15) is 0 Å². The summed E-state index contributed by atoms with van der Waals surface area (Å²) in [6.45, 7) is 5.08. The Bertz CT molecular complexity index is 629. The van der Waals surface area contributed by atoms with Crippen molar-refractivity contribution < 1.29 is 0 Å².